The SMILES string of the molecule is Cc1cccc(CNC(=O)C(C(N)=S)C(C)C)c1. The predicted molar refractivity (Wildman–Crippen MR) is 78.1 cm³/mol. The summed E-state index contributed by atoms with van der Waals surface area (Å²) in [6.07, 6.45) is 0. The van der Waals surface area contributed by atoms with Gasteiger partial charge in [0.25, 0.3) is 0 Å². The molecule has 0 fully saturated rings. The van der Waals surface area contributed by atoms with Crippen LogP contribution in [0.25, 0.3) is 0 Å². The van der Waals surface area contributed by atoms with Gasteiger partial charge in [-0.15, -0.1) is 0 Å². The largest absolute Gasteiger partial charge is 0.393 e. The van der Waals surface area contributed by atoms with Gasteiger partial charge >= 0.3 is 0 Å². The number of benzene rings is 1. The molecule has 4 heteroatoms. The van der Waals surface area contributed by atoms with E-state index in [4.69, 9.17) is 18.0 Å². The summed E-state index contributed by atoms with van der Waals surface area (Å²) in [4.78, 5) is 12.3. The van der Waals surface area contributed by atoms with Crippen molar-refractivity contribution >= 4 is 23.1 Å². The highest BCUT2D eigenvalue weighted by Crippen LogP contribution is 2.12. The quantitative estimate of drug-likeness (QED) is 0.801. The molecular formula is C14H20N2OS. The number of nitrogens with one attached hydrogen (secondary N) is 1. The number of carbonyl (C=O) groups is 1. The molecule has 0 bridgehead atoms. The average molecular weight is 264 g/mol. The highest BCUT2D eigenvalue weighted by Gasteiger charge is 2.24. The maximum atomic E-state index is 12.0. The first-order valence-electron chi connectivity index (χ1n) is 6.04. The zero-order chi connectivity index (χ0) is 13.7. The smallest absolute Gasteiger partial charge is 0.230 e. The van der Waals surface area contributed by atoms with Crippen LogP contribution in [0.3, 0.4) is 0 Å². The van der Waals surface area contributed by atoms with Crippen molar-refractivity contribution in [1.82, 2.24) is 5.32 Å². The maximum Gasteiger partial charge on any atom is 0.230 e. The van der Waals surface area contributed by atoms with Gasteiger partial charge in [-0.05, 0) is 18.4 Å². The zero-order valence-corrected chi connectivity index (χ0v) is 11.9. The summed E-state index contributed by atoms with van der Waals surface area (Å²) in [5.41, 5.74) is 7.86. The Labute approximate surface area is 114 Å². The van der Waals surface area contributed by atoms with Gasteiger partial charge in [0.15, 0.2) is 0 Å². The Bertz CT molecular complexity index is 443. The molecule has 1 aromatic carbocycles. The van der Waals surface area contributed by atoms with Crippen LogP contribution in [0.2, 0.25) is 0 Å². The number of nitrogens with two attached hydrogens (primary N) is 1. The molecule has 1 unspecified atom stereocenters. The first kappa shape index (κ1) is 14.6. The third-order valence-electron chi connectivity index (χ3n) is 2.80. The summed E-state index contributed by atoms with van der Waals surface area (Å²) < 4.78 is 0. The fourth-order valence-electron chi connectivity index (χ4n) is 1.88. The Morgan fingerprint density at radius 2 is 2.11 bits per heavy atom. The van der Waals surface area contributed by atoms with Crippen LogP contribution in [0.1, 0.15) is 25.0 Å². The molecule has 98 valence electrons. The van der Waals surface area contributed by atoms with Gasteiger partial charge in [0.2, 0.25) is 5.91 Å². The van der Waals surface area contributed by atoms with Gasteiger partial charge in [-0.1, -0.05) is 55.9 Å². The Kier molecular flexibility index (Phi) is 5.28. The molecule has 0 saturated carbocycles. The fraction of sp³-hybridized carbons (Fsp3) is 0.429. The van der Waals surface area contributed by atoms with Gasteiger partial charge in [0.1, 0.15) is 0 Å². The predicted octanol–water partition coefficient (Wildman–Crippen LogP) is 2.17. The first-order valence-corrected chi connectivity index (χ1v) is 6.45. The Morgan fingerprint density at radius 3 is 2.61 bits per heavy atom. The van der Waals surface area contributed by atoms with Gasteiger partial charge in [0.05, 0.1) is 10.9 Å². The second-order valence-corrected chi connectivity index (χ2v) is 5.30. The van der Waals surface area contributed by atoms with Crippen molar-refractivity contribution in [1.29, 1.82) is 0 Å². The summed E-state index contributed by atoms with van der Waals surface area (Å²) in [6.45, 7) is 6.41. The number of hydrogen-bond acceptors (Lipinski definition) is 2. The van der Waals surface area contributed by atoms with Crippen LogP contribution in [-0.2, 0) is 11.3 Å². The molecule has 3 nitrogen and oxygen atoms in total. The van der Waals surface area contributed by atoms with Crippen molar-refractivity contribution in [2.24, 2.45) is 17.6 Å². The van der Waals surface area contributed by atoms with E-state index >= 15 is 0 Å². The molecule has 3 N–H and O–H groups in total. The lowest BCUT2D eigenvalue weighted by Crippen LogP contribution is -2.40. The van der Waals surface area contributed by atoms with E-state index in [1.54, 1.807) is 0 Å². The minimum Gasteiger partial charge on any atom is -0.393 e. The average Bonchev–Trinajstić information content (AvgIpc) is 2.25. The summed E-state index contributed by atoms with van der Waals surface area (Å²) in [5.74, 6) is -0.385. The van der Waals surface area contributed by atoms with Crippen molar-refractivity contribution in [2.75, 3.05) is 0 Å². The number of hydrogen-bond donors (Lipinski definition) is 2. The molecule has 1 aromatic rings. The molecule has 0 saturated heterocycles. The standard InChI is InChI=1S/C14H20N2OS/c1-9(2)12(13(15)18)14(17)16-8-11-6-4-5-10(3)7-11/h4-7,9,12H,8H2,1-3H3,(H2,15,18)(H,16,17). The van der Waals surface area contributed by atoms with Gasteiger partial charge in [0, 0.05) is 6.54 Å². The molecule has 0 radical (unpaired) electrons. The third-order valence-corrected chi connectivity index (χ3v) is 3.06. The lowest BCUT2D eigenvalue weighted by atomic mass is 9.95. The number of amides is 1. The molecule has 0 aromatic heterocycles. The number of rotatable bonds is 5. The lowest BCUT2D eigenvalue weighted by Gasteiger charge is -2.18. The Hall–Kier alpha value is -1.42. The normalized spacial score (nSPS) is 12.2. The molecule has 0 heterocycles. The fourth-order valence-corrected chi connectivity index (χ4v) is 2.26. The van der Waals surface area contributed by atoms with Crippen molar-refractivity contribution in [2.45, 2.75) is 27.3 Å². The van der Waals surface area contributed by atoms with E-state index in [1.807, 2.05) is 45.0 Å². The van der Waals surface area contributed by atoms with Gasteiger partial charge in [-0.25, -0.2) is 0 Å². The number of thiocarbonyl (C=S) groups is 1. The number of carbonyl (C=O) groups excluding carboxylic acids is 1. The van der Waals surface area contributed by atoms with E-state index in [1.165, 1.54) is 5.56 Å². The van der Waals surface area contributed by atoms with E-state index in [9.17, 15) is 4.79 Å². The highest BCUT2D eigenvalue weighted by atomic mass is 32.1. The molecule has 1 atom stereocenters. The molecular weight excluding hydrogens is 244 g/mol. The Morgan fingerprint density at radius 1 is 1.44 bits per heavy atom. The highest BCUT2D eigenvalue weighted by molar-refractivity contribution is 7.80. The van der Waals surface area contributed by atoms with E-state index in [0.717, 1.165) is 5.56 Å². The van der Waals surface area contributed by atoms with Crippen LogP contribution in [0.5, 0.6) is 0 Å². The van der Waals surface area contributed by atoms with Crippen molar-refractivity contribution in [3.63, 3.8) is 0 Å². The van der Waals surface area contributed by atoms with E-state index < -0.39 is 5.92 Å². The molecule has 18 heavy (non-hydrogen) atoms. The van der Waals surface area contributed by atoms with Crippen LogP contribution in [0.4, 0.5) is 0 Å². The lowest BCUT2D eigenvalue weighted by molar-refractivity contribution is -0.124. The number of aryl methyl sites for hydroxylation is 1. The van der Waals surface area contributed by atoms with Crippen molar-refractivity contribution in [3.8, 4) is 0 Å². The zero-order valence-electron chi connectivity index (χ0n) is 11.1. The first-order chi connectivity index (χ1) is 8.41. The van der Waals surface area contributed by atoms with Crippen LogP contribution >= 0.6 is 12.2 Å². The molecule has 0 aliphatic heterocycles. The maximum absolute atomic E-state index is 12.0. The van der Waals surface area contributed by atoms with Gasteiger partial charge < -0.3 is 11.1 Å². The molecule has 1 amide bonds. The topological polar surface area (TPSA) is 55.1 Å². The van der Waals surface area contributed by atoms with Crippen LogP contribution in [-0.4, -0.2) is 10.9 Å². The Balaban J connectivity index is 2.62. The molecule has 1 rings (SSSR count). The third kappa shape index (κ3) is 4.11. The second kappa shape index (κ2) is 6.50. The minimum absolute atomic E-state index is 0.0981. The van der Waals surface area contributed by atoms with Gasteiger partial charge in [-0.2, -0.15) is 0 Å². The molecule has 0 aliphatic carbocycles. The summed E-state index contributed by atoms with van der Waals surface area (Å²) >= 11 is 4.94. The van der Waals surface area contributed by atoms with E-state index in [0.29, 0.717) is 6.54 Å². The summed E-state index contributed by atoms with van der Waals surface area (Å²) in [7, 11) is 0. The second-order valence-electron chi connectivity index (χ2n) is 4.83. The van der Waals surface area contributed by atoms with Gasteiger partial charge in [-0.3, -0.25) is 4.79 Å². The van der Waals surface area contributed by atoms with Crippen LogP contribution in [0, 0.1) is 18.8 Å². The van der Waals surface area contributed by atoms with E-state index in [2.05, 4.69) is 5.32 Å². The summed E-state index contributed by atoms with van der Waals surface area (Å²) in [5, 5.41) is 2.88. The summed E-state index contributed by atoms with van der Waals surface area (Å²) in [6, 6.07) is 8.03. The molecule has 0 aliphatic rings. The van der Waals surface area contributed by atoms with Crippen LogP contribution < -0.4 is 11.1 Å². The minimum atomic E-state index is -0.398. The molecule has 0 spiro atoms. The van der Waals surface area contributed by atoms with E-state index in [-0.39, 0.29) is 16.8 Å². The van der Waals surface area contributed by atoms with Crippen LogP contribution in [0.15, 0.2) is 24.3 Å². The monoisotopic (exact) mass is 264 g/mol. The van der Waals surface area contributed by atoms with Crippen molar-refractivity contribution < 1.29 is 4.79 Å². The van der Waals surface area contributed by atoms with Crippen molar-refractivity contribution in [3.05, 3.63) is 35.4 Å².